The standard InChI is InChI=1S/C28H26F2N2O2/c29-28(30)34-22-9-2-7-20(16-22)19-6-1-8-21(15-19)24-17-25(31-13-4-11-26(31)33)23-10-3-5-18-12-14-32(24)27(18)23/h1-3,5-10,15-16,24-25,28H,4,11-14,17H2. The molecule has 0 bridgehead atoms. The maximum atomic E-state index is 12.7. The predicted octanol–water partition coefficient (Wildman–Crippen LogP) is 6.13. The Labute approximate surface area is 197 Å². The highest BCUT2D eigenvalue weighted by molar-refractivity contribution is 5.80. The van der Waals surface area contributed by atoms with Gasteiger partial charge in [0.1, 0.15) is 5.75 Å². The maximum Gasteiger partial charge on any atom is 0.387 e. The zero-order valence-corrected chi connectivity index (χ0v) is 18.8. The molecule has 0 spiro atoms. The summed E-state index contributed by atoms with van der Waals surface area (Å²) in [6, 6.07) is 21.9. The first-order valence-corrected chi connectivity index (χ1v) is 11.9. The van der Waals surface area contributed by atoms with Gasteiger partial charge in [0.2, 0.25) is 5.91 Å². The number of halogens is 2. The molecule has 0 radical (unpaired) electrons. The van der Waals surface area contributed by atoms with E-state index in [1.165, 1.54) is 22.4 Å². The van der Waals surface area contributed by atoms with E-state index in [-0.39, 0.29) is 23.7 Å². The molecule has 6 heteroatoms. The largest absolute Gasteiger partial charge is 0.435 e. The number of hydrogen-bond donors (Lipinski definition) is 0. The number of rotatable bonds is 5. The van der Waals surface area contributed by atoms with Crippen LogP contribution < -0.4 is 9.64 Å². The Morgan fingerprint density at radius 3 is 2.44 bits per heavy atom. The van der Waals surface area contributed by atoms with E-state index in [2.05, 4.69) is 44.9 Å². The third kappa shape index (κ3) is 3.61. The highest BCUT2D eigenvalue weighted by atomic mass is 19.3. The second kappa shape index (κ2) is 8.42. The zero-order chi connectivity index (χ0) is 23.2. The fourth-order valence-corrected chi connectivity index (χ4v) is 5.95. The summed E-state index contributed by atoms with van der Waals surface area (Å²) in [6.07, 6.45) is 3.41. The normalized spacial score (nSPS) is 21.3. The summed E-state index contributed by atoms with van der Waals surface area (Å²) >= 11 is 0. The van der Waals surface area contributed by atoms with E-state index >= 15 is 0 Å². The molecule has 1 saturated heterocycles. The molecule has 3 aliphatic rings. The van der Waals surface area contributed by atoms with Gasteiger partial charge in [0, 0.05) is 25.2 Å². The lowest BCUT2D eigenvalue weighted by molar-refractivity contribution is -0.130. The molecule has 3 heterocycles. The molecular weight excluding hydrogens is 434 g/mol. The number of hydrogen-bond acceptors (Lipinski definition) is 3. The van der Waals surface area contributed by atoms with Crippen LogP contribution in [0.4, 0.5) is 14.5 Å². The minimum absolute atomic E-state index is 0.0794. The smallest absolute Gasteiger partial charge is 0.387 e. The lowest BCUT2D eigenvalue weighted by atomic mass is 9.86. The highest BCUT2D eigenvalue weighted by Crippen LogP contribution is 2.51. The van der Waals surface area contributed by atoms with Crippen molar-refractivity contribution in [3.8, 4) is 16.9 Å². The summed E-state index contributed by atoms with van der Waals surface area (Å²) in [7, 11) is 0. The molecule has 3 aromatic carbocycles. The second-order valence-electron chi connectivity index (χ2n) is 9.29. The fraction of sp³-hybridized carbons (Fsp3) is 0.321. The van der Waals surface area contributed by atoms with Crippen LogP contribution >= 0.6 is 0 Å². The first kappa shape index (κ1) is 21.1. The van der Waals surface area contributed by atoms with Crippen LogP contribution in [0.25, 0.3) is 11.1 Å². The number of likely N-dealkylation sites (tertiary alicyclic amines) is 1. The molecule has 34 heavy (non-hydrogen) atoms. The van der Waals surface area contributed by atoms with Gasteiger partial charge >= 0.3 is 6.61 Å². The summed E-state index contributed by atoms with van der Waals surface area (Å²) in [5, 5.41) is 0. The molecule has 0 saturated carbocycles. The molecule has 3 aromatic rings. The number of benzene rings is 3. The maximum absolute atomic E-state index is 12.7. The zero-order valence-electron chi connectivity index (χ0n) is 18.8. The topological polar surface area (TPSA) is 32.8 Å². The van der Waals surface area contributed by atoms with Crippen molar-refractivity contribution in [1.29, 1.82) is 0 Å². The Bertz CT molecular complexity index is 1240. The van der Waals surface area contributed by atoms with Gasteiger partial charge in [-0.15, -0.1) is 0 Å². The van der Waals surface area contributed by atoms with Crippen LogP contribution in [0.3, 0.4) is 0 Å². The Morgan fingerprint density at radius 1 is 0.853 bits per heavy atom. The van der Waals surface area contributed by atoms with E-state index in [1.54, 1.807) is 18.2 Å². The third-order valence-electron chi connectivity index (χ3n) is 7.39. The van der Waals surface area contributed by atoms with Crippen molar-refractivity contribution < 1.29 is 18.3 Å². The molecule has 3 aliphatic heterocycles. The minimum Gasteiger partial charge on any atom is -0.435 e. The SMILES string of the molecule is O=C1CCCN1C1CC(c2cccc(-c3cccc(OC(F)F)c3)c2)N2CCc3cccc1c32. The number of anilines is 1. The fourth-order valence-electron chi connectivity index (χ4n) is 5.95. The van der Waals surface area contributed by atoms with Gasteiger partial charge in [-0.1, -0.05) is 48.5 Å². The minimum atomic E-state index is -2.85. The van der Waals surface area contributed by atoms with Crippen LogP contribution in [0, 0.1) is 0 Å². The number of nitrogens with zero attached hydrogens (tertiary/aromatic N) is 2. The average Bonchev–Trinajstić information content (AvgIpc) is 3.47. The Balaban J connectivity index is 1.38. The summed E-state index contributed by atoms with van der Waals surface area (Å²) < 4.78 is 30.0. The van der Waals surface area contributed by atoms with Crippen LogP contribution in [-0.4, -0.2) is 30.5 Å². The van der Waals surface area contributed by atoms with Crippen LogP contribution in [0.5, 0.6) is 5.75 Å². The molecule has 1 fully saturated rings. The highest BCUT2D eigenvalue weighted by Gasteiger charge is 2.41. The van der Waals surface area contributed by atoms with Crippen molar-refractivity contribution in [1.82, 2.24) is 4.90 Å². The molecule has 2 unspecified atom stereocenters. The van der Waals surface area contributed by atoms with E-state index < -0.39 is 6.61 Å². The summed E-state index contributed by atoms with van der Waals surface area (Å²) in [4.78, 5) is 17.3. The van der Waals surface area contributed by atoms with Gasteiger partial charge in [-0.05, 0) is 65.3 Å². The molecule has 6 rings (SSSR count). The average molecular weight is 461 g/mol. The molecule has 174 valence electrons. The molecule has 0 aliphatic carbocycles. The van der Waals surface area contributed by atoms with Gasteiger partial charge in [0.05, 0.1) is 12.1 Å². The number of carbonyl (C=O) groups is 1. The van der Waals surface area contributed by atoms with Crippen molar-refractivity contribution in [3.05, 3.63) is 83.4 Å². The lowest BCUT2D eigenvalue weighted by Crippen LogP contribution is -2.39. The Morgan fingerprint density at radius 2 is 1.65 bits per heavy atom. The van der Waals surface area contributed by atoms with Crippen LogP contribution in [-0.2, 0) is 11.2 Å². The first-order chi connectivity index (χ1) is 16.6. The summed E-state index contributed by atoms with van der Waals surface area (Å²) in [6.45, 7) is -1.07. The molecule has 1 amide bonds. The lowest BCUT2D eigenvalue weighted by Gasteiger charge is -2.43. The predicted molar refractivity (Wildman–Crippen MR) is 127 cm³/mol. The van der Waals surface area contributed by atoms with E-state index in [0.717, 1.165) is 43.5 Å². The van der Waals surface area contributed by atoms with Crippen LogP contribution in [0.15, 0.2) is 66.7 Å². The molecule has 0 N–H and O–H groups in total. The summed E-state index contributed by atoms with van der Waals surface area (Å²) in [5.41, 5.74) is 6.90. The Kier molecular flexibility index (Phi) is 5.24. The number of alkyl halides is 2. The van der Waals surface area contributed by atoms with E-state index in [4.69, 9.17) is 0 Å². The Hall–Kier alpha value is -3.41. The third-order valence-corrected chi connectivity index (χ3v) is 7.39. The monoisotopic (exact) mass is 460 g/mol. The van der Waals surface area contributed by atoms with Crippen LogP contribution in [0.1, 0.15) is 48.0 Å². The number of amides is 1. The van der Waals surface area contributed by atoms with Crippen LogP contribution in [0.2, 0.25) is 0 Å². The van der Waals surface area contributed by atoms with E-state index in [1.807, 2.05) is 18.2 Å². The molecule has 4 nitrogen and oxygen atoms in total. The van der Waals surface area contributed by atoms with Gasteiger partial charge in [-0.3, -0.25) is 4.79 Å². The summed E-state index contributed by atoms with van der Waals surface area (Å²) in [5.74, 6) is 0.402. The van der Waals surface area contributed by atoms with Gasteiger partial charge in [0.15, 0.2) is 0 Å². The second-order valence-corrected chi connectivity index (χ2v) is 9.29. The molecule has 0 aromatic heterocycles. The van der Waals surface area contributed by atoms with Crippen molar-refractivity contribution >= 4 is 11.6 Å². The molecule has 2 atom stereocenters. The quantitative estimate of drug-likeness (QED) is 0.460. The van der Waals surface area contributed by atoms with E-state index in [0.29, 0.717) is 6.42 Å². The van der Waals surface area contributed by atoms with E-state index in [9.17, 15) is 13.6 Å². The van der Waals surface area contributed by atoms with Crippen molar-refractivity contribution in [3.63, 3.8) is 0 Å². The van der Waals surface area contributed by atoms with Gasteiger partial charge in [-0.25, -0.2) is 0 Å². The number of para-hydroxylation sites is 1. The number of ether oxygens (including phenoxy) is 1. The van der Waals surface area contributed by atoms with Gasteiger partial charge in [-0.2, -0.15) is 8.78 Å². The molecular formula is C28H26F2N2O2. The van der Waals surface area contributed by atoms with Gasteiger partial charge in [0.25, 0.3) is 0 Å². The van der Waals surface area contributed by atoms with Crippen molar-refractivity contribution in [2.45, 2.75) is 44.4 Å². The first-order valence-electron chi connectivity index (χ1n) is 11.9. The van der Waals surface area contributed by atoms with Crippen molar-refractivity contribution in [2.24, 2.45) is 0 Å². The van der Waals surface area contributed by atoms with Crippen molar-refractivity contribution in [2.75, 3.05) is 18.0 Å². The number of carbonyl (C=O) groups excluding carboxylic acids is 1. The van der Waals surface area contributed by atoms with Gasteiger partial charge < -0.3 is 14.5 Å².